The van der Waals surface area contributed by atoms with Gasteiger partial charge in [-0.25, -0.2) is 8.42 Å². The van der Waals surface area contributed by atoms with Crippen LogP contribution in [0.2, 0.25) is 0 Å². The molecule has 0 aromatic heterocycles. The molecular weight excluding hydrogens is 276 g/mol. The van der Waals surface area contributed by atoms with Gasteiger partial charge in [0.15, 0.2) is 9.84 Å². The first-order valence-electron chi connectivity index (χ1n) is 7.00. The van der Waals surface area contributed by atoms with Gasteiger partial charge in [-0.2, -0.15) is 0 Å². The van der Waals surface area contributed by atoms with Gasteiger partial charge < -0.3 is 10.1 Å². The summed E-state index contributed by atoms with van der Waals surface area (Å²) in [6, 6.07) is 9.01. The molecule has 1 aromatic carbocycles. The van der Waals surface area contributed by atoms with E-state index >= 15 is 0 Å². The standard InChI is InChI=1S/C14H20N2O3S/c17-20(18,12-4-2-1-3-5-12)9-7-16-10-13-14(11-16)19-8-6-15-13/h1-5,13-15H,6-11H2/t13-,14-/m0/s1. The lowest BCUT2D eigenvalue weighted by molar-refractivity contribution is 0.0179. The fourth-order valence-electron chi connectivity index (χ4n) is 2.85. The van der Waals surface area contributed by atoms with Gasteiger partial charge in [0, 0.05) is 32.2 Å². The van der Waals surface area contributed by atoms with E-state index in [1.54, 1.807) is 24.3 Å². The second-order valence-corrected chi connectivity index (χ2v) is 7.47. The van der Waals surface area contributed by atoms with Crippen LogP contribution in [0.3, 0.4) is 0 Å². The van der Waals surface area contributed by atoms with Gasteiger partial charge in [-0.1, -0.05) is 18.2 Å². The topological polar surface area (TPSA) is 58.6 Å². The molecule has 2 fully saturated rings. The zero-order valence-electron chi connectivity index (χ0n) is 11.4. The van der Waals surface area contributed by atoms with Gasteiger partial charge in [0.05, 0.1) is 23.4 Å². The Balaban J connectivity index is 1.57. The number of fused-ring (bicyclic) bond motifs is 1. The third-order valence-electron chi connectivity index (χ3n) is 3.96. The number of hydrogen-bond donors (Lipinski definition) is 1. The largest absolute Gasteiger partial charge is 0.374 e. The number of nitrogens with one attached hydrogen (secondary N) is 1. The van der Waals surface area contributed by atoms with Gasteiger partial charge in [-0.15, -0.1) is 0 Å². The predicted molar refractivity (Wildman–Crippen MR) is 76.5 cm³/mol. The van der Waals surface area contributed by atoms with E-state index in [0.29, 0.717) is 17.5 Å². The highest BCUT2D eigenvalue weighted by molar-refractivity contribution is 7.91. The molecule has 110 valence electrons. The normalized spacial score (nSPS) is 27.4. The maximum Gasteiger partial charge on any atom is 0.179 e. The molecule has 0 aliphatic carbocycles. The Labute approximate surface area is 119 Å². The van der Waals surface area contributed by atoms with Crippen LogP contribution in [0.25, 0.3) is 0 Å². The molecule has 0 amide bonds. The van der Waals surface area contributed by atoms with E-state index in [2.05, 4.69) is 10.2 Å². The van der Waals surface area contributed by atoms with E-state index < -0.39 is 9.84 Å². The Morgan fingerprint density at radius 3 is 2.80 bits per heavy atom. The fourth-order valence-corrected chi connectivity index (χ4v) is 4.16. The SMILES string of the molecule is O=S(=O)(CCN1C[C@@H]2NCCO[C@H]2C1)c1ccccc1. The molecule has 1 N–H and O–H groups in total. The van der Waals surface area contributed by atoms with Crippen LogP contribution in [0, 0.1) is 0 Å². The zero-order chi connectivity index (χ0) is 14.0. The Bertz CT molecular complexity index is 533. The Morgan fingerprint density at radius 1 is 1.25 bits per heavy atom. The first-order valence-corrected chi connectivity index (χ1v) is 8.65. The van der Waals surface area contributed by atoms with E-state index in [-0.39, 0.29) is 11.9 Å². The molecule has 0 unspecified atom stereocenters. The molecule has 2 atom stereocenters. The van der Waals surface area contributed by atoms with Crippen molar-refractivity contribution in [3.8, 4) is 0 Å². The summed E-state index contributed by atoms with van der Waals surface area (Å²) in [6.45, 7) is 3.89. The van der Waals surface area contributed by atoms with Crippen molar-refractivity contribution in [2.24, 2.45) is 0 Å². The summed E-state index contributed by atoms with van der Waals surface area (Å²) in [6.07, 6.45) is 0.211. The molecule has 0 spiro atoms. The van der Waals surface area contributed by atoms with E-state index in [1.165, 1.54) is 0 Å². The molecule has 1 aromatic rings. The summed E-state index contributed by atoms with van der Waals surface area (Å²) in [5.74, 6) is 0.163. The van der Waals surface area contributed by atoms with Crippen LogP contribution in [0.5, 0.6) is 0 Å². The van der Waals surface area contributed by atoms with Crippen LogP contribution < -0.4 is 5.32 Å². The average molecular weight is 296 g/mol. The molecule has 2 heterocycles. The Hall–Kier alpha value is -0.950. The lowest BCUT2D eigenvalue weighted by Gasteiger charge is -2.25. The smallest absolute Gasteiger partial charge is 0.179 e. The minimum Gasteiger partial charge on any atom is -0.374 e. The number of sulfone groups is 1. The first kappa shape index (κ1) is 14.0. The third-order valence-corrected chi connectivity index (χ3v) is 5.67. The van der Waals surface area contributed by atoms with Crippen LogP contribution in [0.15, 0.2) is 35.2 Å². The van der Waals surface area contributed by atoms with Crippen molar-refractivity contribution in [2.45, 2.75) is 17.0 Å². The summed E-state index contributed by atoms with van der Waals surface area (Å²) in [4.78, 5) is 2.58. The quantitative estimate of drug-likeness (QED) is 0.856. The molecule has 0 radical (unpaired) electrons. The molecule has 2 aliphatic heterocycles. The van der Waals surface area contributed by atoms with E-state index in [1.807, 2.05) is 6.07 Å². The Kier molecular flexibility index (Phi) is 4.07. The summed E-state index contributed by atoms with van der Waals surface area (Å²) in [5.41, 5.74) is 0. The third kappa shape index (κ3) is 3.03. The molecule has 5 nitrogen and oxygen atoms in total. The molecule has 20 heavy (non-hydrogen) atoms. The van der Waals surface area contributed by atoms with Crippen LogP contribution in [0.4, 0.5) is 0 Å². The van der Waals surface area contributed by atoms with Crippen LogP contribution in [0.1, 0.15) is 0 Å². The summed E-state index contributed by atoms with van der Waals surface area (Å²) in [7, 11) is -3.18. The number of nitrogens with zero attached hydrogens (tertiary/aromatic N) is 1. The van der Waals surface area contributed by atoms with Gasteiger partial charge in [-0.3, -0.25) is 4.90 Å². The van der Waals surface area contributed by atoms with Gasteiger partial charge in [0.25, 0.3) is 0 Å². The van der Waals surface area contributed by atoms with Crippen LogP contribution >= 0.6 is 0 Å². The number of ether oxygens (including phenoxy) is 1. The number of morpholine rings is 1. The maximum atomic E-state index is 12.2. The maximum absolute atomic E-state index is 12.2. The van der Waals surface area contributed by atoms with E-state index in [4.69, 9.17) is 4.74 Å². The zero-order valence-corrected chi connectivity index (χ0v) is 12.2. The molecule has 3 rings (SSSR count). The number of hydrogen-bond acceptors (Lipinski definition) is 5. The highest BCUT2D eigenvalue weighted by atomic mass is 32.2. The van der Waals surface area contributed by atoms with E-state index in [0.717, 1.165) is 26.2 Å². The fraction of sp³-hybridized carbons (Fsp3) is 0.571. The lowest BCUT2D eigenvalue weighted by atomic mass is 10.2. The van der Waals surface area contributed by atoms with Crippen molar-refractivity contribution < 1.29 is 13.2 Å². The van der Waals surface area contributed by atoms with Crippen LogP contribution in [-0.4, -0.2) is 64.0 Å². The highest BCUT2D eigenvalue weighted by Gasteiger charge is 2.35. The minimum absolute atomic E-state index is 0.163. The highest BCUT2D eigenvalue weighted by Crippen LogP contribution is 2.17. The van der Waals surface area contributed by atoms with Gasteiger partial charge in [0.2, 0.25) is 0 Å². The molecule has 6 heteroatoms. The molecule has 2 saturated heterocycles. The minimum atomic E-state index is -3.18. The molecule has 2 aliphatic rings. The van der Waals surface area contributed by atoms with Crippen molar-refractivity contribution in [3.05, 3.63) is 30.3 Å². The summed E-state index contributed by atoms with van der Waals surface area (Å²) >= 11 is 0. The lowest BCUT2D eigenvalue weighted by Crippen LogP contribution is -2.47. The summed E-state index contributed by atoms with van der Waals surface area (Å²) < 4.78 is 30.2. The van der Waals surface area contributed by atoms with Crippen molar-refractivity contribution in [2.75, 3.05) is 38.5 Å². The van der Waals surface area contributed by atoms with Crippen LogP contribution in [-0.2, 0) is 14.6 Å². The molecule has 0 bridgehead atoms. The first-order chi connectivity index (χ1) is 9.65. The second-order valence-electron chi connectivity index (χ2n) is 5.36. The number of benzene rings is 1. The van der Waals surface area contributed by atoms with E-state index in [9.17, 15) is 8.42 Å². The van der Waals surface area contributed by atoms with Gasteiger partial charge in [0.1, 0.15) is 0 Å². The molecular formula is C14H20N2O3S. The monoisotopic (exact) mass is 296 g/mol. The van der Waals surface area contributed by atoms with Crippen molar-refractivity contribution in [1.29, 1.82) is 0 Å². The summed E-state index contributed by atoms with van der Waals surface area (Å²) in [5, 5.41) is 3.42. The van der Waals surface area contributed by atoms with Gasteiger partial charge in [-0.05, 0) is 12.1 Å². The predicted octanol–water partition coefficient (Wildman–Crippen LogP) is 0.133. The van der Waals surface area contributed by atoms with Crippen molar-refractivity contribution in [1.82, 2.24) is 10.2 Å². The number of likely N-dealkylation sites (tertiary alicyclic amines) is 1. The van der Waals surface area contributed by atoms with Crippen molar-refractivity contribution >= 4 is 9.84 Å². The second kappa shape index (κ2) is 5.81. The van der Waals surface area contributed by atoms with Gasteiger partial charge >= 0.3 is 0 Å². The van der Waals surface area contributed by atoms with Crippen molar-refractivity contribution in [3.63, 3.8) is 0 Å². The number of rotatable bonds is 4. The average Bonchev–Trinajstić information content (AvgIpc) is 2.89. The molecule has 0 saturated carbocycles. The Morgan fingerprint density at radius 2 is 2.05 bits per heavy atom.